The van der Waals surface area contributed by atoms with E-state index in [1.54, 1.807) is 0 Å². The first-order valence-corrected chi connectivity index (χ1v) is 4.04. The second-order valence-corrected chi connectivity index (χ2v) is 2.29. The van der Waals surface area contributed by atoms with E-state index in [1.165, 1.54) is 0 Å². The van der Waals surface area contributed by atoms with Crippen molar-refractivity contribution in [2.75, 3.05) is 11.9 Å². The summed E-state index contributed by atoms with van der Waals surface area (Å²) < 4.78 is 5.08. The molecule has 0 aromatic carbocycles. The van der Waals surface area contributed by atoms with E-state index in [9.17, 15) is 0 Å². The Morgan fingerprint density at radius 3 is 2.78 bits per heavy atom. The Kier molecular flexibility index (Phi) is 6.01. The van der Waals surface area contributed by atoms with Crippen LogP contribution in [0.1, 0.15) is 13.3 Å². The van der Waals surface area contributed by atoms with Crippen LogP contribution in [0.5, 0.6) is 0 Å². The molecule has 0 fully saturated rings. The highest BCUT2D eigenvalue weighted by molar-refractivity contribution is 9.09. The van der Waals surface area contributed by atoms with Crippen LogP contribution >= 0.6 is 15.9 Å². The van der Waals surface area contributed by atoms with E-state index in [0.717, 1.165) is 6.42 Å². The Bertz CT molecular complexity index is 99.7. The van der Waals surface area contributed by atoms with Crippen LogP contribution in [0.15, 0.2) is 0 Å². The predicted molar refractivity (Wildman–Crippen MR) is 39.4 cm³/mol. The molecule has 1 unspecified atom stereocenters. The number of alkyl halides is 1. The SMILES string of the molecule is CCCOC(C#N)CBr. The highest BCUT2D eigenvalue weighted by Gasteiger charge is 2.01. The Labute approximate surface area is 63.9 Å². The van der Waals surface area contributed by atoms with Crippen molar-refractivity contribution in [1.29, 1.82) is 5.26 Å². The molecule has 0 aromatic heterocycles. The molecule has 0 amide bonds. The minimum atomic E-state index is -0.273. The Morgan fingerprint density at radius 2 is 2.44 bits per heavy atom. The number of hydrogen-bond acceptors (Lipinski definition) is 2. The van der Waals surface area contributed by atoms with Crippen LogP contribution in [-0.2, 0) is 4.74 Å². The normalized spacial score (nSPS) is 12.6. The van der Waals surface area contributed by atoms with Gasteiger partial charge in [0.05, 0.1) is 6.07 Å². The Hall–Kier alpha value is -0.0700. The monoisotopic (exact) mass is 191 g/mol. The highest BCUT2D eigenvalue weighted by atomic mass is 79.9. The van der Waals surface area contributed by atoms with Gasteiger partial charge in [-0.05, 0) is 6.42 Å². The summed E-state index contributed by atoms with van der Waals surface area (Å²) in [5, 5.41) is 8.95. The Balaban J connectivity index is 3.23. The smallest absolute Gasteiger partial charge is 0.153 e. The van der Waals surface area contributed by atoms with E-state index >= 15 is 0 Å². The average Bonchev–Trinajstić information content (AvgIpc) is 1.91. The quantitative estimate of drug-likeness (QED) is 0.635. The molecule has 0 heterocycles. The van der Waals surface area contributed by atoms with Gasteiger partial charge >= 0.3 is 0 Å². The van der Waals surface area contributed by atoms with Crippen molar-refractivity contribution in [2.24, 2.45) is 0 Å². The van der Waals surface area contributed by atoms with Gasteiger partial charge in [-0.15, -0.1) is 0 Å². The third-order valence-corrected chi connectivity index (χ3v) is 1.40. The summed E-state index contributed by atoms with van der Waals surface area (Å²) in [6, 6.07) is 2.02. The highest BCUT2D eigenvalue weighted by Crippen LogP contribution is 1.95. The van der Waals surface area contributed by atoms with Crippen molar-refractivity contribution in [3.05, 3.63) is 0 Å². The van der Waals surface area contributed by atoms with Gasteiger partial charge in [-0.3, -0.25) is 0 Å². The summed E-state index contributed by atoms with van der Waals surface area (Å²) >= 11 is 3.16. The summed E-state index contributed by atoms with van der Waals surface area (Å²) in [6.45, 7) is 2.69. The molecule has 52 valence electrons. The van der Waals surface area contributed by atoms with E-state index in [2.05, 4.69) is 15.9 Å². The molecule has 0 saturated heterocycles. The van der Waals surface area contributed by atoms with Gasteiger partial charge in [0.15, 0.2) is 6.10 Å². The third kappa shape index (κ3) is 4.43. The zero-order chi connectivity index (χ0) is 7.11. The van der Waals surface area contributed by atoms with E-state index in [4.69, 9.17) is 10.00 Å². The molecule has 0 rings (SSSR count). The van der Waals surface area contributed by atoms with Gasteiger partial charge in [0.1, 0.15) is 0 Å². The molecule has 0 saturated carbocycles. The maximum atomic E-state index is 8.35. The zero-order valence-corrected chi connectivity index (χ0v) is 7.02. The fourth-order valence-electron chi connectivity index (χ4n) is 0.376. The molecule has 2 nitrogen and oxygen atoms in total. The number of halogens is 1. The molecule has 0 aromatic rings. The lowest BCUT2D eigenvalue weighted by atomic mass is 10.4. The van der Waals surface area contributed by atoms with Crippen molar-refractivity contribution in [3.63, 3.8) is 0 Å². The first-order chi connectivity index (χ1) is 4.35. The predicted octanol–water partition coefficient (Wildman–Crippen LogP) is 1.70. The van der Waals surface area contributed by atoms with Crippen LogP contribution in [-0.4, -0.2) is 18.0 Å². The van der Waals surface area contributed by atoms with Crippen molar-refractivity contribution in [3.8, 4) is 6.07 Å². The van der Waals surface area contributed by atoms with Crippen LogP contribution in [0, 0.1) is 11.3 Å². The van der Waals surface area contributed by atoms with Crippen molar-refractivity contribution in [2.45, 2.75) is 19.4 Å². The fraction of sp³-hybridized carbons (Fsp3) is 0.833. The number of nitrogens with zero attached hydrogens (tertiary/aromatic N) is 1. The van der Waals surface area contributed by atoms with E-state index in [1.807, 2.05) is 13.0 Å². The molecule has 0 radical (unpaired) electrons. The lowest BCUT2D eigenvalue weighted by molar-refractivity contribution is 0.106. The second kappa shape index (κ2) is 6.06. The molecule has 0 N–H and O–H groups in total. The molecule has 9 heavy (non-hydrogen) atoms. The van der Waals surface area contributed by atoms with E-state index in [-0.39, 0.29) is 6.10 Å². The maximum Gasteiger partial charge on any atom is 0.153 e. The van der Waals surface area contributed by atoms with Crippen LogP contribution in [0.4, 0.5) is 0 Å². The lowest BCUT2D eigenvalue weighted by Crippen LogP contribution is -2.11. The summed E-state index contributed by atoms with van der Waals surface area (Å²) in [7, 11) is 0. The van der Waals surface area contributed by atoms with Gasteiger partial charge < -0.3 is 4.74 Å². The summed E-state index contributed by atoms with van der Waals surface area (Å²) in [4.78, 5) is 0. The summed E-state index contributed by atoms with van der Waals surface area (Å²) in [6.07, 6.45) is 0.690. The average molecular weight is 192 g/mol. The van der Waals surface area contributed by atoms with Crippen molar-refractivity contribution >= 4 is 15.9 Å². The number of ether oxygens (including phenoxy) is 1. The van der Waals surface area contributed by atoms with Crippen LogP contribution < -0.4 is 0 Å². The van der Waals surface area contributed by atoms with Crippen molar-refractivity contribution in [1.82, 2.24) is 0 Å². The van der Waals surface area contributed by atoms with Gasteiger partial charge in [0.2, 0.25) is 0 Å². The van der Waals surface area contributed by atoms with Gasteiger partial charge in [-0.25, -0.2) is 0 Å². The molecular weight excluding hydrogens is 182 g/mol. The van der Waals surface area contributed by atoms with Crippen LogP contribution in [0.3, 0.4) is 0 Å². The molecule has 0 spiro atoms. The second-order valence-electron chi connectivity index (χ2n) is 1.64. The standard InChI is InChI=1S/C6H10BrNO/c1-2-3-9-6(4-7)5-8/h6H,2-4H2,1H3. The van der Waals surface area contributed by atoms with Crippen LogP contribution in [0.2, 0.25) is 0 Å². The number of rotatable bonds is 4. The lowest BCUT2D eigenvalue weighted by Gasteiger charge is -2.03. The minimum absolute atomic E-state index is 0.273. The number of nitriles is 1. The maximum absolute atomic E-state index is 8.35. The molecular formula is C6H10BrNO. The van der Waals surface area contributed by atoms with E-state index < -0.39 is 0 Å². The zero-order valence-electron chi connectivity index (χ0n) is 5.43. The minimum Gasteiger partial charge on any atom is -0.362 e. The molecule has 0 aliphatic rings. The molecule has 1 atom stereocenters. The van der Waals surface area contributed by atoms with Gasteiger partial charge in [0.25, 0.3) is 0 Å². The molecule has 0 aliphatic heterocycles. The fourth-order valence-corrected chi connectivity index (χ4v) is 0.708. The van der Waals surface area contributed by atoms with Crippen LogP contribution in [0.25, 0.3) is 0 Å². The van der Waals surface area contributed by atoms with Gasteiger partial charge in [-0.1, -0.05) is 22.9 Å². The van der Waals surface area contributed by atoms with Gasteiger partial charge in [0, 0.05) is 11.9 Å². The molecule has 0 bridgehead atoms. The molecule has 0 aliphatic carbocycles. The topological polar surface area (TPSA) is 33.0 Å². The first kappa shape index (κ1) is 8.93. The largest absolute Gasteiger partial charge is 0.362 e. The first-order valence-electron chi connectivity index (χ1n) is 2.92. The van der Waals surface area contributed by atoms with Gasteiger partial charge in [-0.2, -0.15) is 5.26 Å². The number of hydrogen-bond donors (Lipinski definition) is 0. The van der Waals surface area contributed by atoms with E-state index in [0.29, 0.717) is 11.9 Å². The summed E-state index contributed by atoms with van der Waals surface area (Å²) in [5.74, 6) is 0. The Morgan fingerprint density at radius 1 is 1.78 bits per heavy atom. The third-order valence-electron chi connectivity index (χ3n) is 0.807. The summed E-state index contributed by atoms with van der Waals surface area (Å²) in [5.41, 5.74) is 0. The van der Waals surface area contributed by atoms with Crippen molar-refractivity contribution < 1.29 is 4.74 Å². The molecule has 3 heteroatoms.